The lowest BCUT2D eigenvalue weighted by molar-refractivity contribution is -0.150. The Hall–Kier alpha value is -4.41. The number of aromatic nitrogens is 1. The van der Waals surface area contributed by atoms with Crippen LogP contribution in [0.3, 0.4) is 0 Å². The molecule has 0 saturated carbocycles. The Morgan fingerprint density at radius 3 is 1.80 bits per heavy atom. The first-order valence-electron chi connectivity index (χ1n) is 14.1. The number of carbonyl (C=O) groups is 6. The summed E-state index contributed by atoms with van der Waals surface area (Å²) in [6.07, 6.45) is 3.06. The zero-order valence-corrected chi connectivity index (χ0v) is 24.5. The molecule has 3 rings (SSSR count). The van der Waals surface area contributed by atoms with Crippen molar-refractivity contribution in [3.05, 3.63) is 35.7 Å². The molecule has 1 atom stereocenters. The number of anilines is 1. The van der Waals surface area contributed by atoms with Gasteiger partial charge in [0, 0.05) is 77.2 Å². The van der Waals surface area contributed by atoms with Crippen LogP contribution in [0.5, 0.6) is 0 Å². The first kappa shape index (κ1) is 34.1. The number of fused-ring (bicyclic) bond motifs is 2. The van der Waals surface area contributed by atoms with Crippen LogP contribution >= 0.6 is 0 Å². The van der Waals surface area contributed by atoms with E-state index in [1.807, 2.05) is 11.9 Å². The standard InChI is InChI=1S/C28H38N6O10/c1-30(6-2-3-7-34-23(35)4-5-24(34)36)21-12-19-15-31(17-26(39)40)8-10-33(22(28(43)44)14-25(37)38)11-9-32(18-27(41)42)16-20(13-21)29-19/h4-5,12-13,22H,2-3,6-11,14-18H2,1H3,(H,37,38)(H,39,40)(H,41,42)(H,43,44)/t22-/m0/s1. The van der Waals surface area contributed by atoms with Crippen molar-refractivity contribution in [3.8, 4) is 0 Å². The minimum Gasteiger partial charge on any atom is -0.481 e. The van der Waals surface area contributed by atoms with Crippen LogP contribution in [0, 0.1) is 0 Å². The third kappa shape index (κ3) is 10.4. The molecule has 3 heterocycles. The number of amides is 2. The molecule has 0 aliphatic carbocycles. The van der Waals surface area contributed by atoms with E-state index < -0.39 is 36.3 Å². The summed E-state index contributed by atoms with van der Waals surface area (Å²) in [5.41, 5.74) is 1.80. The van der Waals surface area contributed by atoms with Crippen molar-refractivity contribution in [2.24, 2.45) is 0 Å². The van der Waals surface area contributed by atoms with Gasteiger partial charge in [-0.3, -0.25) is 53.4 Å². The Morgan fingerprint density at radius 2 is 1.34 bits per heavy atom. The molecular weight excluding hydrogens is 580 g/mol. The third-order valence-electron chi connectivity index (χ3n) is 7.37. The monoisotopic (exact) mass is 618 g/mol. The van der Waals surface area contributed by atoms with E-state index in [2.05, 4.69) is 4.98 Å². The van der Waals surface area contributed by atoms with E-state index in [0.717, 1.165) is 5.69 Å². The number of hydrogen-bond acceptors (Lipinski definition) is 11. The molecule has 0 spiro atoms. The number of aliphatic carboxylic acids is 4. The number of pyridine rings is 1. The second-order valence-electron chi connectivity index (χ2n) is 10.8. The van der Waals surface area contributed by atoms with E-state index in [1.165, 1.54) is 22.0 Å². The SMILES string of the molecule is CN(CCCCN1C(=O)C=CC1=O)c1cc2nc(c1)CN(CC(=O)O)CCN([C@@H](CC(=O)O)C(=O)O)CCN(CC(=O)O)C2. The lowest BCUT2D eigenvalue weighted by Crippen LogP contribution is -2.49. The molecular formula is C28H38N6O10. The van der Waals surface area contributed by atoms with Crippen molar-refractivity contribution in [2.45, 2.75) is 38.4 Å². The first-order valence-corrected chi connectivity index (χ1v) is 14.1. The van der Waals surface area contributed by atoms with Crippen molar-refractivity contribution in [3.63, 3.8) is 0 Å². The number of hydrogen-bond donors (Lipinski definition) is 4. The van der Waals surface area contributed by atoms with Crippen molar-refractivity contribution in [1.82, 2.24) is 24.6 Å². The lowest BCUT2D eigenvalue weighted by atomic mass is 10.1. The normalized spacial score (nSPS) is 17.6. The molecule has 0 aromatic carbocycles. The molecule has 16 heteroatoms. The summed E-state index contributed by atoms with van der Waals surface area (Å²) < 4.78 is 0. The van der Waals surface area contributed by atoms with E-state index in [1.54, 1.807) is 21.9 Å². The smallest absolute Gasteiger partial charge is 0.321 e. The number of rotatable bonds is 14. The van der Waals surface area contributed by atoms with Gasteiger partial charge in [-0.1, -0.05) is 0 Å². The average Bonchev–Trinajstić information content (AvgIpc) is 3.24. The molecule has 0 unspecified atom stereocenters. The molecule has 44 heavy (non-hydrogen) atoms. The Bertz CT molecular complexity index is 1220. The largest absolute Gasteiger partial charge is 0.481 e. The predicted molar refractivity (Wildman–Crippen MR) is 154 cm³/mol. The Kier molecular flexibility index (Phi) is 12.3. The Labute approximate surface area is 253 Å². The second-order valence-corrected chi connectivity index (χ2v) is 10.8. The van der Waals surface area contributed by atoms with Crippen molar-refractivity contribution < 1.29 is 49.2 Å². The van der Waals surface area contributed by atoms with Crippen molar-refractivity contribution in [2.75, 3.05) is 64.3 Å². The summed E-state index contributed by atoms with van der Waals surface area (Å²) in [7, 11) is 1.86. The van der Waals surface area contributed by atoms with E-state index in [0.29, 0.717) is 37.3 Å². The molecule has 1 aromatic rings. The van der Waals surface area contributed by atoms with E-state index >= 15 is 0 Å². The Morgan fingerprint density at radius 1 is 0.818 bits per heavy atom. The highest BCUT2D eigenvalue weighted by molar-refractivity contribution is 6.12. The van der Waals surface area contributed by atoms with E-state index in [-0.39, 0.29) is 64.2 Å². The van der Waals surface area contributed by atoms with Crippen LogP contribution in [0.2, 0.25) is 0 Å². The number of carbonyl (C=O) groups excluding carboxylic acids is 2. The molecule has 16 nitrogen and oxygen atoms in total. The van der Waals surface area contributed by atoms with Crippen molar-refractivity contribution >= 4 is 41.4 Å². The van der Waals surface area contributed by atoms with Crippen LogP contribution in [0.25, 0.3) is 0 Å². The molecule has 2 amide bonds. The maximum Gasteiger partial charge on any atom is 0.321 e. The number of nitrogens with zero attached hydrogens (tertiary/aromatic N) is 6. The number of imide groups is 1. The van der Waals surface area contributed by atoms with Crippen LogP contribution in [0.4, 0.5) is 5.69 Å². The van der Waals surface area contributed by atoms with E-state index in [9.17, 15) is 49.2 Å². The fourth-order valence-corrected chi connectivity index (χ4v) is 5.18. The second kappa shape index (κ2) is 15.9. The van der Waals surface area contributed by atoms with Gasteiger partial charge in [-0.25, -0.2) is 0 Å². The molecule has 1 aromatic heterocycles. The zero-order valence-electron chi connectivity index (χ0n) is 24.5. The number of unbranched alkanes of at least 4 members (excludes halogenated alkanes) is 1. The van der Waals surface area contributed by atoms with Crippen molar-refractivity contribution in [1.29, 1.82) is 0 Å². The van der Waals surface area contributed by atoms with Gasteiger partial charge in [0.25, 0.3) is 11.8 Å². The summed E-state index contributed by atoms with van der Waals surface area (Å²) in [4.78, 5) is 82.7. The van der Waals surface area contributed by atoms with Gasteiger partial charge in [0.1, 0.15) is 6.04 Å². The maximum atomic E-state index is 12.0. The zero-order chi connectivity index (χ0) is 32.4. The topological polar surface area (TPSA) is 212 Å². The summed E-state index contributed by atoms with van der Waals surface area (Å²) in [5.74, 6) is -5.52. The highest BCUT2D eigenvalue weighted by atomic mass is 16.4. The molecule has 2 aliphatic rings. The van der Waals surface area contributed by atoms with Crippen LogP contribution in [-0.2, 0) is 41.9 Å². The van der Waals surface area contributed by atoms with Gasteiger partial charge in [0.05, 0.1) is 30.9 Å². The van der Waals surface area contributed by atoms with Gasteiger partial charge in [0.15, 0.2) is 0 Å². The Balaban J connectivity index is 1.84. The highest BCUT2D eigenvalue weighted by Gasteiger charge is 2.30. The van der Waals surface area contributed by atoms with Crippen LogP contribution in [0.15, 0.2) is 24.3 Å². The van der Waals surface area contributed by atoms with E-state index in [4.69, 9.17) is 0 Å². The summed E-state index contributed by atoms with van der Waals surface area (Å²) in [6, 6.07) is 2.21. The fraction of sp³-hybridized carbons (Fsp3) is 0.536. The minimum atomic E-state index is -1.39. The lowest BCUT2D eigenvalue weighted by Gasteiger charge is -2.33. The molecule has 2 aliphatic heterocycles. The van der Waals surface area contributed by atoms with Crippen LogP contribution in [0.1, 0.15) is 30.7 Å². The first-order chi connectivity index (χ1) is 20.8. The molecule has 0 radical (unpaired) electrons. The maximum absolute atomic E-state index is 12.0. The molecule has 240 valence electrons. The van der Waals surface area contributed by atoms with Gasteiger partial charge < -0.3 is 25.3 Å². The molecule has 4 N–H and O–H groups in total. The minimum absolute atomic E-state index is 0.0302. The van der Waals surface area contributed by atoms with Crippen LogP contribution in [-0.4, -0.2) is 146 Å². The average molecular weight is 619 g/mol. The van der Waals surface area contributed by atoms with Gasteiger partial charge >= 0.3 is 23.9 Å². The fourth-order valence-electron chi connectivity index (χ4n) is 5.18. The van der Waals surface area contributed by atoms with Gasteiger partial charge in [-0.05, 0) is 25.0 Å². The quantitative estimate of drug-likeness (QED) is 0.149. The van der Waals surface area contributed by atoms with Gasteiger partial charge in [-0.2, -0.15) is 0 Å². The van der Waals surface area contributed by atoms with Gasteiger partial charge in [0.2, 0.25) is 0 Å². The summed E-state index contributed by atoms with van der Waals surface area (Å²) in [5, 5.41) is 38.1. The third-order valence-corrected chi connectivity index (χ3v) is 7.37. The number of carboxylic acid groups (broad SMARTS) is 4. The summed E-state index contributed by atoms with van der Waals surface area (Å²) >= 11 is 0. The highest BCUT2D eigenvalue weighted by Crippen LogP contribution is 2.20. The molecule has 0 saturated heterocycles. The summed E-state index contributed by atoms with van der Waals surface area (Å²) in [6.45, 7) is 0.567. The van der Waals surface area contributed by atoms with Gasteiger partial charge in [-0.15, -0.1) is 0 Å². The molecule has 0 fully saturated rings. The van der Waals surface area contributed by atoms with Crippen LogP contribution < -0.4 is 4.90 Å². The number of carboxylic acids is 4. The predicted octanol–water partition coefficient (Wildman–Crippen LogP) is -0.760. The molecule has 2 bridgehead atoms.